The number of hydrogen-bond acceptors (Lipinski definition) is 1. The molecule has 0 saturated carbocycles. The largest absolute Gasteiger partial charge is 0.125 e. The highest BCUT2D eigenvalue weighted by atomic mass is 79.9. The highest BCUT2D eigenvalue weighted by Gasteiger charge is 2.19. The summed E-state index contributed by atoms with van der Waals surface area (Å²) in [5, 5.41) is 0. The number of benzene rings is 2. The van der Waals surface area contributed by atoms with E-state index in [4.69, 9.17) is 0 Å². The molecule has 3 rings (SSSR count). The molecule has 1 atom stereocenters. The van der Waals surface area contributed by atoms with Crippen molar-refractivity contribution in [1.29, 1.82) is 0 Å². The van der Waals surface area contributed by atoms with Crippen LogP contribution in [0.1, 0.15) is 17.0 Å². The molecule has 0 aliphatic carbocycles. The molecule has 0 amide bonds. The van der Waals surface area contributed by atoms with Crippen LogP contribution >= 0.6 is 27.7 Å². The minimum absolute atomic E-state index is 0.656. The van der Waals surface area contributed by atoms with Gasteiger partial charge in [-0.1, -0.05) is 46.3 Å². The molecule has 2 heteroatoms. The Bertz CT molecular complexity index is 519. The van der Waals surface area contributed by atoms with Crippen LogP contribution in [-0.4, -0.2) is 5.75 Å². The molecule has 86 valence electrons. The van der Waals surface area contributed by atoms with E-state index in [9.17, 15) is 0 Å². The van der Waals surface area contributed by atoms with E-state index in [0.717, 1.165) is 4.47 Å². The maximum atomic E-state index is 3.49. The van der Waals surface area contributed by atoms with Crippen LogP contribution in [0.5, 0.6) is 0 Å². The molecule has 0 radical (unpaired) electrons. The molecule has 0 spiro atoms. The van der Waals surface area contributed by atoms with E-state index in [0.29, 0.717) is 5.92 Å². The smallest absolute Gasteiger partial charge is 0.0175 e. The third kappa shape index (κ3) is 2.43. The topological polar surface area (TPSA) is 0 Å². The van der Waals surface area contributed by atoms with Crippen LogP contribution in [-0.2, 0) is 6.42 Å². The third-order valence-corrected chi connectivity index (χ3v) is 5.03. The van der Waals surface area contributed by atoms with Gasteiger partial charge in [0, 0.05) is 15.1 Å². The highest BCUT2D eigenvalue weighted by molar-refractivity contribution is 9.10. The Balaban J connectivity index is 1.86. The normalized spacial score (nSPS) is 18.8. The van der Waals surface area contributed by atoms with Gasteiger partial charge in [0.25, 0.3) is 0 Å². The van der Waals surface area contributed by atoms with E-state index >= 15 is 0 Å². The molecular weight excluding hydrogens is 292 g/mol. The van der Waals surface area contributed by atoms with E-state index in [1.54, 1.807) is 0 Å². The molecular formula is C15H13BrS. The lowest BCUT2D eigenvalue weighted by molar-refractivity contribution is 0.746. The minimum Gasteiger partial charge on any atom is -0.125 e. The second-order valence-electron chi connectivity index (χ2n) is 4.37. The van der Waals surface area contributed by atoms with Gasteiger partial charge in [0.1, 0.15) is 0 Å². The van der Waals surface area contributed by atoms with Crippen molar-refractivity contribution in [2.75, 3.05) is 5.75 Å². The Hall–Kier alpha value is -0.730. The zero-order valence-electron chi connectivity index (χ0n) is 9.40. The second-order valence-corrected chi connectivity index (χ2v) is 6.35. The van der Waals surface area contributed by atoms with Gasteiger partial charge in [0.05, 0.1) is 0 Å². The summed E-state index contributed by atoms with van der Waals surface area (Å²) in [6.45, 7) is 0. The fourth-order valence-corrected chi connectivity index (χ4v) is 3.74. The Morgan fingerprint density at radius 2 is 1.76 bits per heavy atom. The van der Waals surface area contributed by atoms with Gasteiger partial charge in [-0.25, -0.2) is 0 Å². The number of hydrogen-bond donors (Lipinski definition) is 0. The maximum absolute atomic E-state index is 3.49. The molecule has 1 heterocycles. The first-order valence-corrected chi connectivity index (χ1v) is 7.57. The average molecular weight is 305 g/mol. The highest BCUT2D eigenvalue weighted by Crippen LogP contribution is 2.37. The molecule has 1 aliphatic rings. The van der Waals surface area contributed by atoms with Gasteiger partial charge in [-0.15, -0.1) is 11.8 Å². The molecule has 17 heavy (non-hydrogen) atoms. The quantitative estimate of drug-likeness (QED) is 0.723. The minimum atomic E-state index is 0.656. The lowest BCUT2D eigenvalue weighted by Crippen LogP contribution is -2.11. The Morgan fingerprint density at radius 1 is 1.00 bits per heavy atom. The average Bonchev–Trinajstić information content (AvgIpc) is 2.39. The summed E-state index contributed by atoms with van der Waals surface area (Å²) in [6.07, 6.45) is 1.17. The van der Waals surface area contributed by atoms with E-state index in [1.807, 2.05) is 11.8 Å². The predicted molar refractivity (Wildman–Crippen MR) is 77.8 cm³/mol. The van der Waals surface area contributed by atoms with Crippen LogP contribution in [0.15, 0.2) is 57.9 Å². The van der Waals surface area contributed by atoms with Crippen molar-refractivity contribution in [2.45, 2.75) is 17.2 Å². The van der Waals surface area contributed by atoms with Crippen molar-refractivity contribution in [2.24, 2.45) is 0 Å². The molecule has 2 aromatic rings. The Kier molecular flexibility index (Phi) is 3.26. The number of rotatable bonds is 1. The maximum Gasteiger partial charge on any atom is 0.0175 e. The third-order valence-electron chi connectivity index (χ3n) is 3.22. The summed E-state index contributed by atoms with van der Waals surface area (Å²) in [4.78, 5) is 1.46. The van der Waals surface area contributed by atoms with Crippen LogP contribution in [0, 0.1) is 0 Å². The van der Waals surface area contributed by atoms with Crippen LogP contribution in [0.3, 0.4) is 0 Å². The summed E-state index contributed by atoms with van der Waals surface area (Å²) in [6, 6.07) is 17.5. The van der Waals surface area contributed by atoms with E-state index in [1.165, 1.54) is 28.2 Å². The van der Waals surface area contributed by atoms with Crippen molar-refractivity contribution in [1.82, 2.24) is 0 Å². The van der Waals surface area contributed by atoms with Crippen LogP contribution in [0.2, 0.25) is 0 Å². The van der Waals surface area contributed by atoms with Gasteiger partial charge in [-0.05, 0) is 41.7 Å². The van der Waals surface area contributed by atoms with Crippen molar-refractivity contribution >= 4 is 27.7 Å². The Labute approximate surface area is 115 Å². The van der Waals surface area contributed by atoms with Crippen molar-refractivity contribution < 1.29 is 0 Å². The molecule has 0 nitrogen and oxygen atoms in total. The first-order chi connectivity index (χ1) is 8.33. The molecule has 1 aliphatic heterocycles. The molecule has 0 N–H and O–H groups in total. The van der Waals surface area contributed by atoms with E-state index in [2.05, 4.69) is 64.5 Å². The summed E-state index contributed by atoms with van der Waals surface area (Å²) in [7, 11) is 0. The van der Waals surface area contributed by atoms with Gasteiger partial charge in [-0.2, -0.15) is 0 Å². The van der Waals surface area contributed by atoms with Crippen LogP contribution in [0.4, 0.5) is 0 Å². The summed E-state index contributed by atoms with van der Waals surface area (Å²) >= 11 is 5.47. The van der Waals surface area contributed by atoms with E-state index in [-0.39, 0.29) is 0 Å². The van der Waals surface area contributed by atoms with Gasteiger partial charge >= 0.3 is 0 Å². The SMILES string of the molecule is Brc1ccc([C@H]2CSc3ccccc3C2)cc1. The predicted octanol–water partition coefficient (Wildman–Crippen LogP) is 4.88. The monoisotopic (exact) mass is 304 g/mol. The van der Waals surface area contributed by atoms with Crippen molar-refractivity contribution in [3.05, 3.63) is 64.1 Å². The fourth-order valence-electron chi connectivity index (χ4n) is 2.28. The zero-order chi connectivity index (χ0) is 11.7. The lowest BCUT2D eigenvalue weighted by atomic mass is 9.93. The number of thioether (sulfide) groups is 1. The van der Waals surface area contributed by atoms with Gasteiger partial charge in [0.15, 0.2) is 0 Å². The first kappa shape index (κ1) is 11.4. The molecule has 0 fully saturated rings. The zero-order valence-corrected chi connectivity index (χ0v) is 11.8. The van der Waals surface area contributed by atoms with Crippen molar-refractivity contribution in [3.8, 4) is 0 Å². The molecule has 0 saturated heterocycles. The van der Waals surface area contributed by atoms with E-state index < -0.39 is 0 Å². The summed E-state index contributed by atoms with van der Waals surface area (Å²) in [5.74, 6) is 1.85. The Morgan fingerprint density at radius 3 is 2.59 bits per heavy atom. The molecule has 0 aromatic heterocycles. The molecule has 2 aromatic carbocycles. The summed E-state index contributed by atoms with van der Waals surface area (Å²) in [5.41, 5.74) is 2.95. The molecule has 0 unspecified atom stereocenters. The van der Waals surface area contributed by atoms with Crippen LogP contribution < -0.4 is 0 Å². The first-order valence-electron chi connectivity index (χ1n) is 5.79. The molecule has 0 bridgehead atoms. The number of halogens is 1. The fraction of sp³-hybridized carbons (Fsp3) is 0.200. The van der Waals surface area contributed by atoms with Gasteiger partial charge in [0.2, 0.25) is 0 Å². The van der Waals surface area contributed by atoms with Gasteiger partial charge < -0.3 is 0 Å². The van der Waals surface area contributed by atoms with Crippen molar-refractivity contribution in [3.63, 3.8) is 0 Å². The number of fused-ring (bicyclic) bond motifs is 1. The lowest BCUT2D eigenvalue weighted by Gasteiger charge is -2.24. The van der Waals surface area contributed by atoms with Crippen LogP contribution in [0.25, 0.3) is 0 Å². The second kappa shape index (κ2) is 4.87. The van der Waals surface area contributed by atoms with Gasteiger partial charge in [-0.3, -0.25) is 0 Å². The standard InChI is InChI=1S/C15H13BrS/c16-14-7-5-11(6-8-14)13-9-12-3-1-2-4-15(12)17-10-13/h1-8,13H,9-10H2/t13-/m1/s1. The summed E-state index contributed by atoms with van der Waals surface area (Å²) < 4.78 is 1.16.